The predicted molar refractivity (Wildman–Crippen MR) is 101 cm³/mol. The Morgan fingerprint density at radius 2 is 2.04 bits per heavy atom. The molecule has 5 heteroatoms. The maximum atomic E-state index is 10.6. The molecule has 1 heterocycles. The molecule has 24 heavy (non-hydrogen) atoms. The molecule has 0 saturated carbocycles. The van der Waals surface area contributed by atoms with Crippen LogP contribution >= 0.6 is 23.1 Å². The fourth-order valence-corrected chi connectivity index (χ4v) is 4.36. The molecule has 0 spiro atoms. The molecule has 0 saturated heterocycles. The van der Waals surface area contributed by atoms with Gasteiger partial charge in [-0.2, -0.15) is 5.26 Å². The van der Waals surface area contributed by atoms with Crippen molar-refractivity contribution in [2.75, 3.05) is 0 Å². The van der Waals surface area contributed by atoms with Crippen molar-refractivity contribution in [3.63, 3.8) is 0 Å². The molecule has 1 aromatic heterocycles. The van der Waals surface area contributed by atoms with Crippen molar-refractivity contribution in [3.8, 4) is 6.07 Å². The molecule has 0 radical (unpaired) electrons. The third kappa shape index (κ3) is 3.45. The van der Waals surface area contributed by atoms with Crippen LogP contribution in [0.3, 0.4) is 0 Å². The first-order valence-electron chi connectivity index (χ1n) is 7.51. The lowest BCUT2D eigenvalue weighted by molar-refractivity contribution is 0.402. The summed E-state index contributed by atoms with van der Waals surface area (Å²) < 4.78 is 1.01. The van der Waals surface area contributed by atoms with E-state index in [4.69, 9.17) is 0 Å². The minimum Gasteiger partial charge on any atom is -0.510 e. The number of nitriles is 1. The molecule has 3 nitrogen and oxygen atoms in total. The van der Waals surface area contributed by atoms with Crippen LogP contribution < -0.4 is 0 Å². The highest BCUT2D eigenvalue weighted by Crippen LogP contribution is 2.33. The molecular formula is C19H16N2OS2. The van der Waals surface area contributed by atoms with Gasteiger partial charge < -0.3 is 5.11 Å². The summed E-state index contributed by atoms with van der Waals surface area (Å²) in [5.74, 6) is 0.0723. The highest BCUT2D eigenvalue weighted by molar-refractivity contribution is 8.00. The van der Waals surface area contributed by atoms with Crippen molar-refractivity contribution in [1.82, 2.24) is 4.98 Å². The second-order valence-corrected chi connectivity index (χ2v) is 7.88. The Hall–Kier alpha value is -2.29. The van der Waals surface area contributed by atoms with Gasteiger partial charge in [0, 0.05) is 4.90 Å². The van der Waals surface area contributed by atoms with Crippen LogP contribution in [0, 0.1) is 18.3 Å². The summed E-state index contributed by atoms with van der Waals surface area (Å²) in [6, 6.07) is 17.9. The number of benzene rings is 2. The van der Waals surface area contributed by atoms with E-state index in [1.165, 1.54) is 28.7 Å². The lowest BCUT2D eigenvalue weighted by Crippen LogP contribution is -2.03. The molecule has 1 N–H and O–H groups in total. The molecule has 120 valence electrons. The highest BCUT2D eigenvalue weighted by atomic mass is 32.2. The zero-order valence-electron chi connectivity index (χ0n) is 13.4. The van der Waals surface area contributed by atoms with Gasteiger partial charge in [-0.1, -0.05) is 29.8 Å². The Balaban J connectivity index is 1.93. The van der Waals surface area contributed by atoms with E-state index in [-0.39, 0.29) is 16.6 Å². The van der Waals surface area contributed by atoms with Crippen molar-refractivity contribution in [2.24, 2.45) is 0 Å². The van der Waals surface area contributed by atoms with Crippen molar-refractivity contribution < 1.29 is 5.11 Å². The van der Waals surface area contributed by atoms with Crippen molar-refractivity contribution in [3.05, 3.63) is 64.9 Å². The van der Waals surface area contributed by atoms with E-state index in [9.17, 15) is 10.4 Å². The van der Waals surface area contributed by atoms with E-state index in [0.29, 0.717) is 5.01 Å². The van der Waals surface area contributed by atoms with Gasteiger partial charge >= 0.3 is 0 Å². The lowest BCUT2D eigenvalue weighted by Gasteiger charge is -2.12. The highest BCUT2D eigenvalue weighted by Gasteiger charge is 2.19. The SMILES string of the molecule is Cc1cccc(SC(C)/C(O)=C(/C#N)c2nc3ccccc3s2)c1. The minimum absolute atomic E-state index is 0.0723. The zero-order chi connectivity index (χ0) is 17.1. The number of aliphatic hydroxyl groups excluding tert-OH is 1. The number of nitrogens with zero attached hydrogens (tertiary/aromatic N) is 2. The summed E-state index contributed by atoms with van der Waals surface area (Å²) >= 11 is 2.95. The third-order valence-electron chi connectivity index (χ3n) is 3.56. The molecule has 1 atom stereocenters. The predicted octanol–water partition coefficient (Wildman–Crippen LogP) is 5.58. The molecule has 0 amide bonds. The van der Waals surface area contributed by atoms with Crippen molar-refractivity contribution >= 4 is 38.9 Å². The van der Waals surface area contributed by atoms with Gasteiger partial charge in [0.05, 0.1) is 15.5 Å². The first-order valence-corrected chi connectivity index (χ1v) is 9.20. The summed E-state index contributed by atoms with van der Waals surface area (Å²) in [5, 5.41) is 20.4. The first-order chi connectivity index (χ1) is 11.6. The monoisotopic (exact) mass is 352 g/mol. The number of thiazole rings is 1. The van der Waals surface area contributed by atoms with E-state index in [1.54, 1.807) is 0 Å². The molecule has 0 bridgehead atoms. The molecule has 3 aromatic rings. The normalized spacial score (nSPS) is 13.4. The van der Waals surface area contributed by atoms with E-state index in [1.807, 2.05) is 56.3 Å². The molecule has 3 rings (SSSR count). The number of thioether (sulfide) groups is 1. The number of para-hydroxylation sites is 1. The van der Waals surface area contributed by atoms with Crippen LogP contribution in [-0.4, -0.2) is 15.3 Å². The zero-order valence-corrected chi connectivity index (χ0v) is 15.0. The van der Waals surface area contributed by atoms with Crippen LogP contribution in [0.15, 0.2) is 59.2 Å². The number of aliphatic hydroxyl groups is 1. The Morgan fingerprint density at radius 3 is 2.75 bits per heavy atom. The summed E-state index contributed by atoms with van der Waals surface area (Å²) in [7, 11) is 0. The van der Waals surface area contributed by atoms with Crippen LogP contribution in [0.1, 0.15) is 17.5 Å². The molecule has 1 unspecified atom stereocenters. The molecule has 0 fully saturated rings. The standard InChI is InChI=1S/C19H16N2OS2/c1-12-6-5-7-14(10-12)23-13(2)18(22)15(11-20)19-21-16-8-3-4-9-17(16)24-19/h3-10,13,22H,1-2H3/b18-15+. The van der Waals surface area contributed by atoms with E-state index in [0.717, 1.165) is 15.1 Å². The Bertz CT molecular complexity index is 920. The van der Waals surface area contributed by atoms with Gasteiger partial charge in [0.25, 0.3) is 0 Å². The Kier molecular flexibility index (Phi) is 4.89. The number of allylic oxidation sites excluding steroid dienone is 1. The van der Waals surface area contributed by atoms with E-state index >= 15 is 0 Å². The second kappa shape index (κ2) is 7.08. The van der Waals surface area contributed by atoms with Gasteiger partial charge in [-0.15, -0.1) is 23.1 Å². The Labute approximate surface area is 149 Å². The molecule has 2 aromatic carbocycles. The molecule has 0 aliphatic rings. The average molecular weight is 352 g/mol. The van der Waals surface area contributed by atoms with Crippen LogP contribution in [-0.2, 0) is 0 Å². The van der Waals surface area contributed by atoms with Crippen LogP contribution in [0.2, 0.25) is 0 Å². The van der Waals surface area contributed by atoms with Crippen LogP contribution in [0.5, 0.6) is 0 Å². The maximum Gasteiger partial charge on any atom is 0.138 e. The van der Waals surface area contributed by atoms with Gasteiger partial charge in [0.15, 0.2) is 0 Å². The lowest BCUT2D eigenvalue weighted by atomic mass is 10.2. The van der Waals surface area contributed by atoms with Crippen molar-refractivity contribution in [2.45, 2.75) is 24.0 Å². The van der Waals surface area contributed by atoms with E-state index in [2.05, 4.69) is 17.1 Å². The number of rotatable bonds is 4. The number of hydrogen-bond donors (Lipinski definition) is 1. The first kappa shape index (κ1) is 16.6. The minimum atomic E-state index is -0.228. The summed E-state index contributed by atoms with van der Waals surface area (Å²) in [5.41, 5.74) is 2.27. The topological polar surface area (TPSA) is 56.9 Å². The van der Waals surface area contributed by atoms with Crippen LogP contribution in [0.4, 0.5) is 0 Å². The summed E-state index contributed by atoms with van der Waals surface area (Å²) in [4.78, 5) is 5.54. The fraction of sp³-hybridized carbons (Fsp3) is 0.158. The number of fused-ring (bicyclic) bond motifs is 1. The van der Waals surface area contributed by atoms with E-state index < -0.39 is 0 Å². The maximum absolute atomic E-state index is 10.6. The summed E-state index contributed by atoms with van der Waals surface area (Å²) in [6.45, 7) is 3.93. The van der Waals surface area contributed by atoms with Crippen LogP contribution in [0.25, 0.3) is 15.8 Å². The van der Waals surface area contributed by atoms with Gasteiger partial charge in [-0.05, 0) is 38.1 Å². The smallest absolute Gasteiger partial charge is 0.138 e. The second-order valence-electron chi connectivity index (χ2n) is 5.44. The van der Waals surface area contributed by atoms with Gasteiger partial charge in [0.1, 0.15) is 22.4 Å². The summed E-state index contributed by atoms with van der Waals surface area (Å²) in [6.07, 6.45) is 0. The molecule has 0 aliphatic carbocycles. The van der Waals surface area contributed by atoms with Gasteiger partial charge in [0.2, 0.25) is 0 Å². The van der Waals surface area contributed by atoms with Crippen molar-refractivity contribution in [1.29, 1.82) is 5.26 Å². The number of hydrogen-bond acceptors (Lipinski definition) is 5. The van der Waals surface area contributed by atoms with Gasteiger partial charge in [-0.3, -0.25) is 0 Å². The molecular weight excluding hydrogens is 336 g/mol. The molecule has 0 aliphatic heterocycles. The quantitative estimate of drug-likeness (QED) is 0.378. The average Bonchev–Trinajstić information content (AvgIpc) is 2.99. The third-order valence-corrected chi connectivity index (χ3v) is 5.72. The largest absolute Gasteiger partial charge is 0.510 e. The Morgan fingerprint density at radius 1 is 1.25 bits per heavy atom. The number of aryl methyl sites for hydroxylation is 1. The van der Waals surface area contributed by atoms with Gasteiger partial charge in [-0.25, -0.2) is 4.98 Å². The number of aromatic nitrogens is 1. The fourth-order valence-electron chi connectivity index (χ4n) is 2.35.